The molecule has 1 fully saturated rings. The molecule has 1 unspecified atom stereocenters. The highest BCUT2D eigenvalue weighted by molar-refractivity contribution is 7.11. The predicted octanol–water partition coefficient (Wildman–Crippen LogP) is 5.06. The fraction of sp³-hybridized carbons (Fsp3) is 0.591. The third-order valence-corrected chi connectivity index (χ3v) is 6.97. The van der Waals surface area contributed by atoms with Crippen LogP contribution in [0.2, 0.25) is 5.02 Å². The molecule has 3 rings (SSSR count). The van der Waals surface area contributed by atoms with Gasteiger partial charge in [0.2, 0.25) is 0 Å². The first-order valence-electron chi connectivity index (χ1n) is 10.2. The number of likely N-dealkylation sites (tertiary alicyclic amines) is 1. The van der Waals surface area contributed by atoms with Gasteiger partial charge in [0.05, 0.1) is 17.3 Å². The Kier molecular flexibility index (Phi) is 7.37. The number of thiazole rings is 1. The topological polar surface area (TPSA) is 45.6 Å². The maximum atomic E-state index is 11.3. The zero-order valence-electron chi connectivity index (χ0n) is 17.1. The van der Waals surface area contributed by atoms with Crippen LogP contribution in [-0.2, 0) is 12.0 Å². The number of halogens is 1. The fourth-order valence-corrected chi connectivity index (χ4v) is 5.14. The normalized spacial score (nSPS) is 21.1. The Labute approximate surface area is 177 Å². The monoisotopic (exact) mass is 422 g/mol. The third kappa shape index (κ3) is 5.47. The van der Waals surface area contributed by atoms with Crippen molar-refractivity contribution in [3.8, 4) is 5.75 Å². The summed E-state index contributed by atoms with van der Waals surface area (Å²) in [6.45, 7) is 10.2. The lowest BCUT2D eigenvalue weighted by molar-refractivity contribution is 0.0206. The maximum Gasteiger partial charge on any atom is 0.137 e. The van der Waals surface area contributed by atoms with Crippen LogP contribution < -0.4 is 4.74 Å². The standard InChI is InChI=1S/C22H31ClN2O2S/c1-16(2)15-25-12-6-10-22(26,11-13-25)21-24-17(3)20(28-21)9-14-27-19-8-5-4-7-18(19)23/h4-5,7-8,16,26H,6,9-15H2,1-3H3. The molecule has 0 spiro atoms. The van der Waals surface area contributed by atoms with E-state index >= 15 is 0 Å². The van der Waals surface area contributed by atoms with Crippen molar-refractivity contribution in [3.05, 3.63) is 44.9 Å². The first kappa shape index (κ1) is 21.6. The molecule has 0 aliphatic carbocycles. The Morgan fingerprint density at radius 3 is 2.82 bits per heavy atom. The Balaban J connectivity index is 1.62. The SMILES string of the molecule is Cc1nc(C2(O)CCCN(CC(C)C)CC2)sc1CCOc1ccccc1Cl. The molecule has 1 saturated heterocycles. The summed E-state index contributed by atoms with van der Waals surface area (Å²) in [5.74, 6) is 1.36. The lowest BCUT2D eigenvalue weighted by Crippen LogP contribution is -2.31. The summed E-state index contributed by atoms with van der Waals surface area (Å²) in [7, 11) is 0. The van der Waals surface area contributed by atoms with Crippen LogP contribution in [0.5, 0.6) is 5.75 Å². The molecule has 6 heteroatoms. The van der Waals surface area contributed by atoms with E-state index in [-0.39, 0.29) is 0 Å². The number of rotatable bonds is 7. The van der Waals surface area contributed by atoms with E-state index in [4.69, 9.17) is 21.3 Å². The van der Waals surface area contributed by atoms with Gasteiger partial charge in [0, 0.05) is 24.4 Å². The summed E-state index contributed by atoms with van der Waals surface area (Å²) in [6.07, 6.45) is 3.31. The van der Waals surface area contributed by atoms with Crippen molar-refractivity contribution in [1.29, 1.82) is 0 Å². The number of aromatic nitrogens is 1. The Morgan fingerprint density at radius 1 is 1.29 bits per heavy atom. The van der Waals surface area contributed by atoms with Crippen molar-refractivity contribution < 1.29 is 9.84 Å². The summed E-state index contributed by atoms with van der Waals surface area (Å²) in [6, 6.07) is 7.52. The van der Waals surface area contributed by atoms with Gasteiger partial charge in [0.15, 0.2) is 0 Å². The predicted molar refractivity (Wildman–Crippen MR) is 117 cm³/mol. The summed E-state index contributed by atoms with van der Waals surface area (Å²) in [4.78, 5) is 8.40. The molecule has 1 N–H and O–H groups in total. The average molecular weight is 423 g/mol. The van der Waals surface area contributed by atoms with E-state index in [2.05, 4.69) is 18.7 Å². The van der Waals surface area contributed by atoms with Gasteiger partial charge in [-0.25, -0.2) is 4.98 Å². The van der Waals surface area contributed by atoms with E-state index in [0.717, 1.165) is 56.0 Å². The van der Waals surface area contributed by atoms with Crippen LogP contribution >= 0.6 is 22.9 Å². The molecule has 154 valence electrons. The van der Waals surface area contributed by atoms with E-state index in [1.807, 2.05) is 31.2 Å². The lowest BCUT2D eigenvalue weighted by atomic mass is 9.96. The van der Waals surface area contributed by atoms with Gasteiger partial charge in [-0.2, -0.15) is 0 Å². The minimum atomic E-state index is -0.803. The van der Waals surface area contributed by atoms with Crippen LogP contribution in [0.25, 0.3) is 0 Å². The minimum absolute atomic E-state index is 0.548. The highest BCUT2D eigenvalue weighted by Gasteiger charge is 2.35. The van der Waals surface area contributed by atoms with Crippen molar-refractivity contribution in [2.24, 2.45) is 5.92 Å². The third-order valence-electron chi connectivity index (χ3n) is 5.24. The first-order chi connectivity index (χ1) is 13.4. The van der Waals surface area contributed by atoms with Gasteiger partial charge < -0.3 is 14.7 Å². The molecule has 2 heterocycles. The Morgan fingerprint density at radius 2 is 2.07 bits per heavy atom. The number of nitrogens with zero attached hydrogens (tertiary/aromatic N) is 2. The molecular weight excluding hydrogens is 392 g/mol. The summed E-state index contributed by atoms with van der Waals surface area (Å²) >= 11 is 7.78. The van der Waals surface area contributed by atoms with Gasteiger partial charge in [-0.1, -0.05) is 37.6 Å². The van der Waals surface area contributed by atoms with E-state index in [9.17, 15) is 5.11 Å². The van der Waals surface area contributed by atoms with E-state index in [1.54, 1.807) is 11.3 Å². The lowest BCUT2D eigenvalue weighted by Gasteiger charge is -2.25. The highest BCUT2D eigenvalue weighted by Crippen LogP contribution is 2.37. The Bertz CT molecular complexity index is 780. The minimum Gasteiger partial charge on any atom is -0.492 e. The van der Waals surface area contributed by atoms with Crippen LogP contribution in [0.15, 0.2) is 24.3 Å². The van der Waals surface area contributed by atoms with Crippen molar-refractivity contribution in [3.63, 3.8) is 0 Å². The molecule has 0 saturated carbocycles. The second-order valence-electron chi connectivity index (χ2n) is 8.14. The quantitative estimate of drug-likeness (QED) is 0.677. The van der Waals surface area contributed by atoms with Gasteiger partial charge in [-0.3, -0.25) is 0 Å². The molecular formula is C22H31ClN2O2S. The van der Waals surface area contributed by atoms with Gasteiger partial charge in [-0.05, 0) is 50.8 Å². The zero-order chi connectivity index (χ0) is 20.1. The number of para-hydroxylation sites is 1. The van der Waals surface area contributed by atoms with Crippen molar-refractivity contribution in [2.45, 2.75) is 52.1 Å². The Hall–Kier alpha value is -1.14. The molecule has 2 aromatic rings. The molecule has 0 amide bonds. The number of aliphatic hydroxyl groups is 1. The molecule has 1 aliphatic heterocycles. The molecule has 1 aliphatic rings. The van der Waals surface area contributed by atoms with Gasteiger partial charge in [-0.15, -0.1) is 11.3 Å². The number of ether oxygens (including phenoxy) is 1. The van der Waals surface area contributed by atoms with Crippen LogP contribution in [-0.4, -0.2) is 41.2 Å². The van der Waals surface area contributed by atoms with Crippen LogP contribution in [0.4, 0.5) is 0 Å². The number of aryl methyl sites for hydroxylation is 1. The molecule has 28 heavy (non-hydrogen) atoms. The zero-order valence-corrected chi connectivity index (χ0v) is 18.7. The van der Waals surface area contributed by atoms with Gasteiger partial charge >= 0.3 is 0 Å². The van der Waals surface area contributed by atoms with Crippen molar-refractivity contribution in [1.82, 2.24) is 9.88 Å². The van der Waals surface area contributed by atoms with E-state index < -0.39 is 5.60 Å². The fourth-order valence-electron chi connectivity index (χ4n) is 3.76. The second kappa shape index (κ2) is 9.57. The van der Waals surface area contributed by atoms with E-state index in [1.165, 1.54) is 4.88 Å². The van der Waals surface area contributed by atoms with Crippen LogP contribution in [0.1, 0.15) is 48.7 Å². The average Bonchev–Trinajstić information content (AvgIpc) is 2.91. The van der Waals surface area contributed by atoms with Crippen molar-refractivity contribution >= 4 is 22.9 Å². The largest absolute Gasteiger partial charge is 0.492 e. The van der Waals surface area contributed by atoms with Crippen LogP contribution in [0.3, 0.4) is 0 Å². The smallest absolute Gasteiger partial charge is 0.137 e. The molecule has 0 bridgehead atoms. The molecule has 1 aromatic carbocycles. The first-order valence-corrected chi connectivity index (χ1v) is 11.4. The molecule has 1 aromatic heterocycles. The van der Waals surface area contributed by atoms with E-state index in [0.29, 0.717) is 23.3 Å². The number of benzene rings is 1. The van der Waals surface area contributed by atoms with Crippen molar-refractivity contribution in [2.75, 3.05) is 26.2 Å². The van der Waals surface area contributed by atoms with Crippen LogP contribution in [0, 0.1) is 12.8 Å². The molecule has 1 atom stereocenters. The number of hydrogen-bond donors (Lipinski definition) is 1. The molecule has 0 radical (unpaired) electrons. The summed E-state index contributed by atoms with van der Waals surface area (Å²) in [5, 5.41) is 12.8. The second-order valence-corrected chi connectivity index (χ2v) is 9.63. The molecule has 4 nitrogen and oxygen atoms in total. The maximum absolute atomic E-state index is 11.3. The summed E-state index contributed by atoms with van der Waals surface area (Å²) in [5.41, 5.74) is 0.197. The summed E-state index contributed by atoms with van der Waals surface area (Å²) < 4.78 is 5.82. The highest BCUT2D eigenvalue weighted by atomic mass is 35.5. The van der Waals surface area contributed by atoms with Gasteiger partial charge in [0.25, 0.3) is 0 Å². The number of hydrogen-bond acceptors (Lipinski definition) is 5. The van der Waals surface area contributed by atoms with Gasteiger partial charge in [0.1, 0.15) is 16.4 Å².